The third-order valence-electron chi connectivity index (χ3n) is 2.33. The average molecular weight is 302 g/mol. The minimum atomic E-state index is -0.619. The second kappa shape index (κ2) is 5.48. The maximum Gasteiger partial charge on any atom is 0.256 e. The molecule has 92 valence electrons. The van der Waals surface area contributed by atoms with Crippen LogP contribution in [0.4, 0.5) is 5.69 Å². The predicted molar refractivity (Wildman–Crippen MR) is 65.0 cm³/mol. The van der Waals surface area contributed by atoms with Crippen LogP contribution < -0.4 is 5.32 Å². The zero-order chi connectivity index (χ0) is 12.3. The number of phenols is 1. The molecule has 1 saturated heterocycles. The van der Waals surface area contributed by atoms with E-state index in [1.165, 1.54) is 6.07 Å². The number of anilines is 1. The smallest absolute Gasteiger partial charge is 0.256 e. The third kappa shape index (κ3) is 3.18. The Morgan fingerprint density at radius 3 is 2.94 bits per heavy atom. The Labute approximate surface area is 107 Å². The zero-order valence-electron chi connectivity index (χ0n) is 8.98. The summed E-state index contributed by atoms with van der Waals surface area (Å²) in [6.45, 7) is 1.15. The van der Waals surface area contributed by atoms with E-state index in [9.17, 15) is 9.90 Å². The van der Waals surface area contributed by atoms with Gasteiger partial charge in [0, 0.05) is 4.47 Å². The van der Waals surface area contributed by atoms with Crippen LogP contribution in [0.1, 0.15) is 0 Å². The van der Waals surface area contributed by atoms with Crippen molar-refractivity contribution in [2.75, 3.05) is 25.1 Å². The fraction of sp³-hybridized carbons (Fsp3) is 0.364. The Kier molecular flexibility index (Phi) is 3.98. The van der Waals surface area contributed by atoms with E-state index in [-0.39, 0.29) is 18.3 Å². The molecule has 0 spiro atoms. The number of aromatic hydroxyl groups is 1. The minimum absolute atomic E-state index is 0.00412. The summed E-state index contributed by atoms with van der Waals surface area (Å²) in [5.74, 6) is -0.313. The van der Waals surface area contributed by atoms with Crippen molar-refractivity contribution in [2.45, 2.75) is 6.10 Å². The van der Waals surface area contributed by atoms with Gasteiger partial charge in [0.1, 0.15) is 5.75 Å². The highest BCUT2D eigenvalue weighted by molar-refractivity contribution is 9.10. The van der Waals surface area contributed by atoms with Crippen molar-refractivity contribution < 1.29 is 19.4 Å². The maximum atomic E-state index is 11.8. The molecule has 1 aromatic rings. The summed E-state index contributed by atoms with van der Waals surface area (Å²) in [4.78, 5) is 11.8. The minimum Gasteiger partial charge on any atom is -0.506 e. The Hall–Kier alpha value is -1.11. The Balaban J connectivity index is 2.02. The molecule has 2 rings (SSSR count). The molecule has 1 aromatic carbocycles. The first-order chi connectivity index (χ1) is 8.16. The summed E-state index contributed by atoms with van der Waals surface area (Å²) < 4.78 is 11.1. The van der Waals surface area contributed by atoms with E-state index in [4.69, 9.17) is 9.47 Å². The number of benzene rings is 1. The number of carbonyl (C=O) groups excluding carboxylic acids is 1. The number of hydrogen-bond donors (Lipinski definition) is 2. The van der Waals surface area contributed by atoms with Gasteiger partial charge in [0.2, 0.25) is 0 Å². The van der Waals surface area contributed by atoms with Crippen molar-refractivity contribution in [1.29, 1.82) is 0 Å². The monoisotopic (exact) mass is 301 g/mol. The first kappa shape index (κ1) is 12.3. The lowest BCUT2D eigenvalue weighted by atomic mass is 10.2. The molecule has 0 saturated carbocycles. The van der Waals surface area contributed by atoms with Gasteiger partial charge in [-0.3, -0.25) is 4.79 Å². The first-order valence-electron chi connectivity index (χ1n) is 5.15. The van der Waals surface area contributed by atoms with Crippen molar-refractivity contribution in [1.82, 2.24) is 0 Å². The fourth-order valence-electron chi connectivity index (χ4n) is 1.46. The molecule has 6 heteroatoms. The highest BCUT2D eigenvalue weighted by Crippen LogP contribution is 2.27. The van der Waals surface area contributed by atoms with Crippen LogP contribution in [0, 0.1) is 0 Å². The second-order valence-electron chi connectivity index (χ2n) is 3.59. The molecule has 1 atom stereocenters. The van der Waals surface area contributed by atoms with Gasteiger partial charge < -0.3 is 19.9 Å². The van der Waals surface area contributed by atoms with Crippen LogP contribution in [0.3, 0.4) is 0 Å². The lowest BCUT2D eigenvalue weighted by molar-refractivity contribution is -0.142. The van der Waals surface area contributed by atoms with Gasteiger partial charge in [-0.15, -0.1) is 0 Å². The predicted octanol–water partition coefficient (Wildman–Crippen LogP) is 1.51. The van der Waals surface area contributed by atoms with Gasteiger partial charge in [-0.1, -0.05) is 15.9 Å². The van der Waals surface area contributed by atoms with Gasteiger partial charge in [0.15, 0.2) is 6.10 Å². The maximum absolute atomic E-state index is 11.8. The second-order valence-corrected chi connectivity index (χ2v) is 4.50. The van der Waals surface area contributed by atoms with Crippen LogP contribution in [-0.4, -0.2) is 36.9 Å². The summed E-state index contributed by atoms with van der Waals surface area (Å²) in [5.41, 5.74) is 0.354. The van der Waals surface area contributed by atoms with Crippen LogP contribution in [0.25, 0.3) is 0 Å². The van der Waals surface area contributed by atoms with Crippen LogP contribution in [0.2, 0.25) is 0 Å². The number of ether oxygens (including phenoxy) is 2. The zero-order valence-corrected chi connectivity index (χ0v) is 10.6. The normalized spacial score (nSPS) is 19.9. The number of nitrogens with one attached hydrogen (secondary N) is 1. The number of carbonyl (C=O) groups is 1. The molecular weight excluding hydrogens is 290 g/mol. The van der Waals surface area contributed by atoms with Crippen LogP contribution >= 0.6 is 15.9 Å². The number of halogens is 1. The molecule has 1 aliphatic heterocycles. The summed E-state index contributed by atoms with van der Waals surface area (Å²) in [6, 6.07) is 4.85. The summed E-state index contributed by atoms with van der Waals surface area (Å²) in [6.07, 6.45) is -0.619. The molecule has 2 N–H and O–H groups in total. The van der Waals surface area contributed by atoms with Gasteiger partial charge >= 0.3 is 0 Å². The first-order valence-corrected chi connectivity index (χ1v) is 5.95. The van der Waals surface area contributed by atoms with Gasteiger partial charge in [-0.25, -0.2) is 0 Å². The molecular formula is C11H12BrNO4. The quantitative estimate of drug-likeness (QED) is 0.813. The molecule has 0 aliphatic carbocycles. The summed E-state index contributed by atoms with van der Waals surface area (Å²) in [5, 5.41) is 12.2. The Morgan fingerprint density at radius 2 is 2.29 bits per heavy atom. The Morgan fingerprint density at radius 1 is 1.47 bits per heavy atom. The average Bonchev–Trinajstić information content (AvgIpc) is 2.34. The van der Waals surface area contributed by atoms with E-state index >= 15 is 0 Å². The van der Waals surface area contributed by atoms with E-state index < -0.39 is 6.10 Å². The SMILES string of the molecule is O=C(Nc1ccc(Br)cc1O)[C@H]1COCCO1. The van der Waals surface area contributed by atoms with Gasteiger partial charge in [-0.05, 0) is 18.2 Å². The molecule has 1 aliphatic rings. The lowest BCUT2D eigenvalue weighted by Crippen LogP contribution is -2.39. The van der Waals surface area contributed by atoms with E-state index in [1.54, 1.807) is 12.1 Å². The molecule has 1 heterocycles. The van der Waals surface area contributed by atoms with Crippen LogP contribution in [-0.2, 0) is 14.3 Å². The molecule has 0 bridgehead atoms. The number of phenolic OH excluding ortho intramolecular Hbond substituents is 1. The lowest BCUT2D eigenvalue weighted by Gasteiger charge is -2.22. The van der Waals surface area contributed by atoms with E-state index in [1.807, 2.05) is 0 Å². The number of hydrogen-bond acceptors (Lipinski definition) is 4. The fourth-order valence-corrected chi connectivity index (χ4v) is 1.81. The molecule has 0 aromatic heterocycles. The summed E-state index contributed by atoms with van der Waals surface area (Å²) >= 11 is 3.22. The number of amides is 1. The number of rotatable bonds is 2. The largest absolute Gasteiger partial charge is 0.506 e. The van der Waals surface area contributed by atoms with E-state index in [0.717, 1.165) is 4.47 Å². The van der Waals surface area contributed by atoms with Crippen LogP contribution in [0.15, 0.2) is 22.7 Å². The van der Waals surface area contributed by atoms with E-state index in [0.29, 0.717) is 18.9 Å². The van der Waals surface area contributed by atoms with Crippen molar-refractivity contribution in [3.63, 3.8) is 0 Å². The highest BCUT2D eigenvalue weighted by Gasteiger charge is 2.23. The highest BCUT2D eigenvalue weighted by atomic mass is 79.9. The topological polar surface area (TPSA) is 67.8 Å². The standard InChI is InChI=1S/C11H12BrNO4/c12-7-1-2-8(9(14)5-7)13-11(15)10-6-16-3-4-17-10/h1-2,5,10,14H,3-4,6H2,(H,13,15)/t10-/m1/s1. The third-order valence-corrected chi connectivity index (χ3v) is 2.82. The van der Waals surface area contributed by atoms with Gasteiger partial charge in [-0.2, -0.15) is 0 Å². The van der Waals surface area contributed by atoms with Crippen molar-refractivity contribution in [2.24, 2.45) is 0 Å². The van der Waals surface area contributed by atoms with E-state index in [2.05, 4.69) is 21.2 Å². The van der Waals surface area contributed by atoms with Crippen molar-refractivity contribution in [3.8, 4) is 5.75 Å². The van der Waals surface area contributed by atoms with Gasteiger partial charge in [0.25, 0.3) is 5.91 Å². The molecule has 0 unspecified atom stereocenters. The van der Waals surface area contributed by atoms with Crippen molar-refractivity contribution >= 4 is 27.5 Å². The molecule has 0 radical (unpaired) electrons. The van der Waals surface area contributed by atoms with Crippen LogP contribution in [0.5, 0.6) is 5.75 Å². The Bertz CT molecular complexity index is 418. The molecule has 1 amide bonds. The van der Waals surface area contributed by atoms with Gasteiger partial charge in [0.05, 0.1) is 25.5 Å². The van der Waals surface area contributed by atoms with Crippen molar-refractivity contribution in [3.05, 3.63) is 22.7 Å². The molecule has 17 heavy (non-hydrogen) atoms. The molecule has 5 nitrogen and oxygen atoms in total. The summed E-state index contributed by atoms with van der Waals surface area (Å²) in [7, 11) is 0. The molecule has 1 fully saturated rings.